The number of carbonyl (C=O) groups excluding carboxylic acids is 1. The zero-order valence-electron chi connectivity index (χ0n) is 19.8. The Kier molecular flexibility index (Phi) is 8.98. The molecule has 4 rings (SSSR count). The van der Waals surface area contributed by atoms with E-state index in [9.17, 15) is 9.90 Å². The van der Waals surface area contributed by atoms with Crippen molar-refractivity contribution in [3.8, 4) is 17.2 Å². The van der Waals surface area contributed by atoms with Crippen molar-refractivity contribution in [2.75, 3.05) is 39.5 Å². The van der Waals surface area contributed by atoms with Crippen LogP contribution in [0.1, 0.15) is 11.1 Å². The predicted molar refractivity (Wildman–Crippen MR) is 134 cm³/mol. The first kappa shape index (κ1) is 24.6. The first-order chi connectivity index (χ1) is 17.2. The van der Waals surface area contributed by atoms with E-state index >= 15 is 0 Å². The van der Waals surface area contributed by atoms with Crippen molar-refractivity contribution < 1.29 is 24.1 Å². The average Bonchev–Trinajstić information content (AvgIpc) is 2.91. The number of aliphatic hydroxyl groups is 1. The van der Waals surface area contributed by atoms with Gasteiger partial charge >= 0.3 is 0 Å². The van der Waals surface area contributed by atoms with Gasteiger partial charge in [0.1, 0.15) is 36.6 Å². The van der Waals surface area contributed by atoms with E-state index in [1.807, 2.05) is 59.5 Å². The number of nitrogens with zero attached hydrogens (tertiary/aromatic N) is 1. The van der Waals surface area contributed by atoms with Gasteiger partial charge in [0.25, 0.3) is 5.91 Å². The Balaban J connectivity index is 1.09. The van der Waals surface area contributed by atoms with E-state index in [-0.39, 0.29) is 19.1 Å². The number of amides is 1. The van der Waals surface area contributed by atoms with Crippen molar-refractivity contribution in [3.05, 3.63) is 90.0 Å². The van der Waals surface area contributed by atoms with Crippen LogP contribution in [0.4, 0.5) is 0 Å². The fraction of sp³-hybridized carbons (Fsp3) is 0.321. The van der Waals surface area contributed by atoms with Gasteiger partial charge in [-0.15, -0.1) is 0 Å². The van der Waals surface area contributed by atoms with Crippen LogP contribution < -0.4 is 19.5 Å². The van der Waals surface area contributed by atoms with E-state index in [1.165, 1.54) is 11.1 Å². The van der Waals surface area contributed by atoms with Gasteiger partial charge in [0.05, 0.1) is 0 Å². The second kappa shape index (κ2) is 12.8. The summed E-state index contributed by atoms with van der Waals surface area (Å²) >= 11 is 0. The highest BCUT2D eigenvalue weighted by atomic mass is 16.5. The molecular weight excluding hydrogens is 444 g/mol. The van der Waals surface area contributed by atoms with Crippen LogP contribution in [0.2, 0.25) is 0 Å². The maximum absolute atomic E-state index is 12.6. The van der Waals surface area contributed by atoms with Crippen LogP contribution in [0.5, 0.6) is 17.2 Å². The molecule has 0 saturated heterocycles. The molecule has 1 atom stereocenters. The molecule has 1 heterocycles. The Bertz CT molecular complexity index is 1060. The van der Waals surface area contributed by atoms with Gasteiger partial charge in [0.2, 0.25) is 0 Å². The molecule has 3 aromatic rings. The first-order valence-corrected chi connectivity index (χ1v) is 11.9. The van der Waals surface area contributed by atoms with E-state index < -0.39 is 6.10 Å². The summed E-state index contributed by atoms with van der Waals surface area (Å²) in [7, 11) is 0. The minimum atomic E-state index is -0.603. The molecule has 1 unspecified atom stereocenters. The van der Waals surface area contributed by atoms with Crippen molar-refractivity contribution in [1.29, 1.82) is 0 Å². The largest absolute Gasteiger partial charge is 0.492 e. The number of ether oxygens (including phenoxy) is 3. The number of nitrogens with one attached hydrogen (secondary N) is 1. The number of para-hydroxylation sites is 1. The maximum Gasteiger partial charge on any atom is 0.260 e. The van der Waals surface area contributed by atoms with Crippen LogP contribution >= 0.6 is 0 Å². The number of rotatable bonds is 12. The fourth-order valence-corrected chi connectivity index (χ4v) is 3.85. The Labute approximate surface area is 206 Å². The maximum atomic E-state index is 12.6. The summed E-state index contributed by atoms with van der Waals surface area (Å²) in [6.07, 6.45) is 0.275. The molecule has 3 aromatic carbocycles. The van der Waals surface area contributed by atoms with Gasteiger partial charge in [-0.2, -0.15) is 0 Å². The molecule has 184 valence electrons. The zero-order chi connectivity index (χ0) is 24.3. The van der Waals surface area contributed by atoms with E-state index in [2.05, 4.69) is 17.4 Å². The molecule has 0 aromatic heterocycles. The minimum Gasteiger partial charge on any atom is -0.492 e. The van der Waals surface area contributed by atoms with Crippen LogP contribution in [0.15, 0.2) is 78.9 Å². The van der Waals surface area contributed by atoms with E-state index in [4.69, 9.17) is 14.2 Å². The van der Waals surface area contributed by atoms with Gasteiger partial charge in [0.15, 0.2) is 6.61 Å². The molecule has 0 bridgehead atoms. The van der Waals surface area contributed by atoms with Crippen LogP contribution in [0.3, 0.4) is 0 Å². The lowest BCUT2D eigenvalue weighted by atomic mass is 10.00. The summed E-state index contributed by atoms with van der Waals surface area (Å²) in [5, 5.41) is 13.2. The van der Waals surface area contributed by atoms with Crippen LogP contribution in [-0.2, 0) is 17.8 Å². The summed E-state index contributed by atoms with van der Waals surface area (Å²) in [6, 6.07) is 24.9. The lowest BCUT2D eigenvalue weighted by Gasteiger charge is -2.28. The molecular formula is C28H32N2O5. The van der Waals surface area contributed by atoms with Crippen molar-refractivity contribution in [2.45, 2.75) is 19.1 Å². The number of hydrogen-bond acceptors (Lipinski definition) is 6. The number of benzene rings is 3. The van der Waals surface area contributed by atoms with Crippen LogP contribution in [0.25, 0.3) is 0 Å². The van der Waals surface area contributed by atoms with Gasteiger partial charge in [-0.3, -0.25) is 4.79 Å². The number of aliphatic hydroxyl groups excluding tert-OH is 1. The van der Waals surface area contributed by atoms with Gasteiger partial charge < -0.3 is 29.5 Å². The highest BCUT2D eigenvalue weighted by molar-refractivity contribution is 5.78. The van der Waals surface area contributed by atoms with Crippen molar-refractivity contribution in [2.24, 2.45) is 0 Å². The third kappa shape index (κ3) is 7.73. The minimum absolute atomic E-state index is 0.0118. The van der Waals surface area contributed by atoms with Crippen LogP contribution in [-0.4, -0.2) is 61.5 Å². The van der Waals surface area contributed by atoms with E-state index in [0.717, 1.165) is 18.7 Å². The smallest absolute Gasteiger partial charge is 0.260 e. The summed E-state index contributed by atoms with van der Waals surface area (Å²) in [5.41, 5.74) is 2.52. The van der Waals surface area contributed by atoms with Gasteiger partial charge in [0, 0.05) is 26.2 Å². The first-order valence-electron chi connectivity index (χ1n) is 11.9. The van der Waals surface area contributed by atoms with Crippen LogP contribution in [0, 0.1) is 0 Å². The number of hydrogen-bond donors (Lipinski definition) is 2. The molecule has 0 spiro atoms. The summed E-state index contributed by atoms with van der Waals surface area (Å²) in [4.78, 5) is 14.4. The van der Waals surface area contributed by atoms with Crippen molar-refractivity contribution in [1.82, 2.24) is 10.2 Å². The average molecular weight is 477 g/mol. The highest BCUT2D eigenvalue weighted by Crippen LogP contribution is 2.20. The molecule has 35 heavy (non-hydrogen) atoms. The Morgan fingerprint density at radius 2 is 1.51 bits per heavy atom. The normalized spacial score (nSPS) is 13.6. The third-order valence-corrected chi connectivity index (χ3v) is 5.78. The topological polar surface area (TPSA) is 80.3 Å². The molecule has 1 amide bonds. The molecule has 7 nitrogen and oxygen atoms in total. The zero-order valence-corrected chi connectivity index (χ0v) is 19.8. The van der Waals surface area contributed by atoms with Gasteiger partial charge in [-0.1, -0.05) is 42.5 Å². The molecule has 0 saturated carbocycles. The van der Waals surface area contributed by atoms with Gasteiger partial charge in [-0.05, 0) is 53.9 Å². The monoisotopic (exact) mass is 476 g/mol. The fourth-order valence-electron chi connectivity index (χ4n) is 3.85. The van der Waals surface area contributed by atoms with E-state index in [1.54, 1.807) is 12.1 Å². The molecule has 1 aliphatic heterocycles. The predicted octanol–water partition coefficient (Wildman–Crippen LogP) is 3.06. The molecule has 0 radical (unpaired) electrons. The Morgan fingerprint density at radius 1 is 0.857 bits per heavy atom. The van der Waals surface area contributed by atoms with E-state index in [0.29, 0.717) is 37.7 Å². The molecule has 0 fully saturated rings. The summed E-state index contributed by atoms with van der Waals surface area (Å²) < 4.78 is 16.9. The SMILES string of the molecule is O=C(COc1ccc(OCCNCC(O)COc2ccccc2)cc1)N1CCc2ccccc2C1. The lowest BCUT2D eigenvalue weighted by Crippen LogP contribution is -2.38. The second-order valence-corrected chi connectivity index (χ2v) is 8.42. The van der Waals surface area contributed by atoms with Gasteiger partial charge in [-0.25, -0.2) is 0 Å². The molecule has 2 N–H and O–H groups in total. The Morgan fingerprint density at radius 3 is 2.29 bits per heavy atom. The second-order valence-electron chi connectivity index (χ2n) is 8.42. The number of carbonyl (C=O) groups is 1. The quantitative estimate of drug-likeness (QED) is 0.391. The molecule has 1 aliphatic rings. The molecule has 7 heteroatoms. The number of fused-ring (bicyclic) bond motifs is 1. The highest BCUT2D eigenvalue weighted by Gasteiger charge is 2.20. The summed E-state index contributed by atoms with van der Waals surface area (Å²) in [6.45, 7) is 3.07. The standard InChI is InChI=1S/C28H32N2O5/c31-24(20-34-25-8-2-1-3-9-25)18-29-15-17-33-26-10-12-27(13-11-26)35-21-28(32)30-16-14-22-6-4-5-7-23(22)19-30/h1-13,24,29,31H,14-21H2. The summed E-state index contributed by atoms with van der Waals surface area (Å²) in [5.74, 6) is 2.07. The van der Waals surface area contributed by atoms with Crippen molar-refractivity contribution >= 4 is 5.91 Å². The third-order valence-electron chi connectivity index (χ3n) is 5.78. The lowest BCUT2D eigenvalue weighted by molar-refractivity contribution is -0.134. The molecule has 0 aliphatic carbocycles. The Hall–Kier alpha value is -3.55. The van der Waals surface area contributed by atoms with Crippen molar-refractivity contribution in [3.63, 3.8) is 0 Å².